The Morgan fingerprint density at radius 2 is 1.92 bits per heavy atom. The summed E-state index contributed by atoms with van der Waals surface area (Å²) in [6.45, 7) is 5.81. The Morgan fingerprint density at radius 1 is 1.23 bits per heavy atom. The van der Waals surface area contributed by atoms with Crippen molar-refractivity contribution in [3.05, 3.63) is 40.7 Å². The maximum Gasteiger partial charge on any atom is 0.238 e. The molecule has 1 amide bonds. The number of aromatic nitrogens is 3. The van der Waals surface area contributed by atoms with E-state index in [1.807, 2.05) is 40.8 Å². The second kappa shape index (κ2) is 7.12. The molecule has 0 spiro atoms. The predicted octanol–water partition coefficient (Wildman–Crippen LogP) is 3.26. The highest BCUT2D eigenvalue weighted by Crippen LogP contribution is 2.38. The number of carbonyl (C=O) groups excluding carboxylic acids is 1. The van der Waals surface area contributed by atoms with Crippen LogP contribution in [0.15, 0.2) is 29.4 Å². The molecule has 2 atom stereocenters. The van der Waals surface area contributed by atoms with Crippen molar-refractivity contribution in [2.75, 3.05) is 18.5 Å². The van der Waals surface area contributed by atoms with Crippen LogP contribution < -0.4 is 5.43 Å². The van der Waals surface area contributed by atoms with E-state index >= 15 is 0 Å². The topological polar surface area (TPSA) is 63.1 Å². The van der Waals surface area contributed by atoms with Crippen LogP contribution in [-0.4, -0.2) is 44.0 Å². The van der Waals surface area contributed by atoms with Crippen molar-refractivity contribution < 1.29 is 4.79 Å². The molecular formula is C18H22ClN5OS. The van der Waals surface area contributed by atoms with E-state index < -0.39 is 0 Å². The Morgan fingerprint density at radius 3 is 2.62 bits per heavy atom. The summed E-state index contributed by atoms with van der Waals surface area (Å²) < 4.78 is 1.87. The third-order valence-electron chi connectivity index (χ3n) is 5.17. The summed E-state index contributed by atoms with van der Waals surface area (Å²) in [7, 11) is 0. The minimum atomic E-state index is -0.277. The fourth-order valence-corrected chi connectivity index (χ4v) is 4.81. The molecule has 0 radical (unpaired) electrons. The first-order chi connectivity index (χ1) is 12.5. The number of fused-ring (bicyclic) bond motifs is 1. The van der Waals surface area contributed by atoms with Crippen LogP contribution in [0.1, 0.15) is 37.2 Å². The van der Waals surface area contributed by atoms with E-state index in [4.69, 9.17) is 11.6 Å². The number of halogens is 1. The molecule has 2 aliphatic rings. The number of likely N-dealkylation sites (tertiary alicyclic amines) is 1. The first-order valence-corrected chi connectivity index (χ1v) is 10.2. The summed E-state index contributed by atoms with van der Waals surface area (Å²) in [5.41, 5.74) is 4.47. The summed E-state index contributed by atoms with van der Waals surface area (Å²) in [5, 5.41) is 9.49. The van der Waals surface area contributed by atoms with Crippen molar-refractivity contribution in [3.63, 3.8) is 0 Å². The van der Waals surface area contributed by atoms with Gasteiger partial charge in [-0.05, 0) is 43.4 Å². The summed E-state index contributed by atoms with van der Waals surface area (Å²) in [4.78, 5) is 15.3. The molecule has 1 N–H and O–H groups in total. The average Bonchev–Trinajstić information content (AvgIpc) is 3.02. The first-order valence-electron chi connectivity index (χ1n) is 8.92. The van der Waals surface area contributed by atoms with Crippen LogP contribution in [-0.2, 0) is 4.79 Å². The van der Waals surface area contributed by atoms with Crippen molar-refractivity contribution in [2.24, 2.45) is 5.92 Å². The van der Waals surface area contributed by atoms with E-state index in [1.54, 1.807) is 0 Å². The first kappa shape index (κ1) is 17.7. The maximum absolute atomic E-state index is 13.3. The SMILES string of the molecule is Cc1nnc2n1N[C@H](c1ccc(Cl)cc1)[C@H](C(=O)N1CCC(C)CC1)S2. The highest BCUT2D eigenvalue weighted by Gasteiger charge is 2.39. The van der Waals surface area contributed by atoms with Gasteiger partial charge in [-0.2, -0.15) is 0 Å². The van der Waals surface area contributed by atoms with E-state index in [9.17, 15) is 4.79 Å². The number of rotatable bonds is 2. The van der Waals surface area contributed by atoms with Crippen molar-refractivity contribution in [2.45, 2.75) is 43.1 Å². The van der Waals surface area contributed by atoms with Crippen molar-refractivity contribution in [1.29, 1.82) is 0 Å². The van der Waals surface area contributed by atoms with E-state index in [0.717, 1.165) is 42.5 Å². The van der Waals surface area contributed by atoms with Gasteiger partial charge in [-0.25, -0.2) is 4.68 Å². The molecule has 1 saturated heterocycles. The molecule has 0 unspecified atom stereocenters. The van der Waals surface area contributed by atoms with Gasteiger partial charge >= 0.3 is 0 Å². The molecule has 0 saturated carbocycles. The quantitative estimate of drug-likeness (QED) is 0.851. The zero-order valence-corrected chi connectivity index (χ0v) is 16.4. The highest BCUT2D eigenvalue weighted by atomic mass is 35.5. The molecule has 6 nitrogen and oxygen atoms in total. The third-order valence-corrected chi connectivity index (χ3v) is 6.62. The molecule has 1 aromatic heterocycles. The molecular weight excluding hydrogens is 370 g/mol. The molecule has 1 aromatic carbocycles. The molecule has 138 valence electrons. The molecule has 2 aliphatic heterocycles. The standard InChI is InChI=1S/C18H22ClN5OS/c1-11-7-9-23(10-8-11)17(25)16-15(13-3-5-14(19)6-4-13)22-24-12(2)20-21-18(24)26-16/h3-6,11,15-16,22H,7-10H2,1-2H3/t15-,16-/m1/s1. The van der Waals surface area contributed by atoms with E-state index in [-0.39, 0.29) is 17.2 Å². The zero-order valence-electron chi connectivity index (χ0n) is 14.9. The van der Waals surface area contributed by atoms with Crippen LogP contribution >= 0.6 is 23.4 Å². The van der Waals surface area contributed by atoms with Gasteiger partial charge in [0.05, 0.1) is 6.04 Å². The number of thioether (sulfide) groups is 1. The van der Waals surface area contributed by atoms with Gasteiger partial charge in [0.15, 0.2) is 0 Å². The highest BCUT2D eigenvalue weighted by molar-refractivity contribution is 8.00. The Kier molecular flexibility index (Phi) is 4.84. The van der Waals surface area contributed by atoms with Crippen LogP contribution in [0.2, 0.25) is 5.02 Å². The van der Waals surface area contributed by atoms with Crippen LogP contribution in [0.25, 0.3) is 0 Å². The number of nitrogens with one attached hydrogen (secondary N) is 1. The second-order valence-corrected chi connectivity index (χ2v) is 8.61. The normalized spacial score (nSPS) is 23.4. The molecule has 26 heavy (non-hydrogen) atoms. The van der Waals surface area contributed by atoms with Gasteiger partial charge < -0.3 is 10.3 Å². The van der Waals surface area contributed by atoms with Gasteiger partial charge in [-0.1, -0.05) is 42.4 Å². The summed E-state index contributed by atoms with van der Waals surface area (Å²) >= 11 is 7.54. The monoisotopic (exact) mass is 391 g/mol. The summed E-state index contributed by atoms with van der Waals surface area (Å²) in [6, 6.07) is 7.52. The lowest BCUT2D eigenvalue weighted by Crippen LogP contribution is -2.48. The van der Waals surface area contributed by atoms with Gasteiger partial charge in [-0.3, -0.25) is 4.79 Å². The largest absolute Gasteiger partial charge is 0.342 e. The number of amides is 1. The number of benzene rings is 1. The number of aryl methyl sites for hydroxylation is 1. The lowest BCUT2D eigenvalue weighted by atomic mass is 9.97. The van der Waals surface area contributed by atoms with Crippen LogP contribution in [0.5, 0.6) is 0 Å². The van der Waals surface area contributed by atoms with Gasteiger partial charge in [0.2, 0.25) is 11.1 Å². The summed E-state index contributed by atoms with van der Waals surface area (Å²) in [6.07, 6.45) is 2.13. The Bertz CT molecular complexity index is 800. The van der Waals surface area contributed by atoms with E-state index in [0.29, 0.717) is 10.9 Å². The third kappa shape index (κ3) is 3.30. The molecule has 8 heteroatoms. The molecule has 1 fully saturated rings. The second-order valence-electron chi connectivity index (χ2n) is 7.07. The number of hydrogen-bond donors (Lipinski definition) is 1. The lowest BCUT2D eigenvalue weighted by molar-refractivity contribution is -0.132. The fourth-order valence-electron chi connectivity index (χ4n) is 3.48. The van der Waals surface area contributed by atoms with Crippen molar-refractivity contribution in [3.8, 4) is 0 Å². The average molecular weight is 392 g/mol. The van der Waals surface area contributed by atoms with Crippen LogP contribution in [0.4, 0.5) is 0 Å². The molecule has 0 bridgehead atoms. The Hall–Kier alpha value is -1.73. The smallest absolute Gasteiger partial charge is 0.238 e. The fraction of sp³-hybridized carbons (Fsp3) is 0.500. The van der Waals surface area contributed by atoms with Gasteiger partial charge in [0, 0.05) is 18.1 Å². The predicted molar refractivity (Wildman–Crippen MR) is 103 cm³/mol. The molecule has 4 rings (SSSR count). The Labute approximate surface area is 162 Å². The molecule has 2 aromatic rings. The lowest BCUT2D eigenvalue weighted by Gasteiger charge is -2.38. The molecule has 3 heterocycles. The van der Waals surface area contributed by atoms with Crippen molar-refractivity contribution >= 4 is 29.3 Å². The minimum Gasteiger partial charge on any atom is -0.342 e. The Balaban J connectivity index is 1.65. The van der Waals surface area contributed by atoms with E-state index in [2.05, 4.69) is 22.5 Å². The number of piperidine rings is 1. The maximum atomic E-state index is 13.3. The van der Waals surface area contributed by atoms with E-state index in [1.165, 1.54) is 11.8 Å². The van der Waals surface area contributed by atoms with Gasteiger partial charge in [0.25, 0.3) is 0 Å². The van der Waals surface area contributed by atoms with Crippen LogP contribution in [0.3, 0.4) is 0 Å². The van der Waals surface area contributed by atoms with Crippen molar-refractivity contribution in [1.82, 2.24) is 19.8 Å². The molecule has 0 aliphatic carbocycles. The summed E-state index contributed by atoms with van der Waals surface area (Å²) in [5.74, 6) is 1.64. The van der Waals surface area contributed by atoms with Gasteiger partial charge in [0.1, 0.15) is 11.1 Å². The zero-order chi connectivity index (χ0) is 18.3. The van der Waals surface area contributed by atoms with Gasteiger partial charge in [-0.15, -0.1) is 10.2 Å². The van der Waals surface area contributed by atoms with Crippen LogP contribution in [0, 0.1) is 12.8 Å². The number of hydrogen-bond acceptors (Lipinski definition) is 5. The number of carbonyl (C=O) groups is 1. The number of nitrogens with zero attached hydrogens (tertiary/aromatic N) is 4. The minimum absolute atomic E-state index is 0.161.